The Labute approximate surface area is 220 Å². The van der Waals surface area contributed by atoms with Crippen molar-refractivity contribution >= 4 is 24.1 Å². The summed E-state index contributed by atoms with van der Waals surface area (Å²) in [4.78, 5) is 36.9. The van der Waals surface area contributed by atoms with Gasteiger partial charge in [0.25, 0.3) is 5.91 Å². The maximum Gasteiger partial charge on any atom is 0.338 e. The van der Waals surface area contributed by atoms with Crippen molar-refractivity contribution < 1.29 is 33.3 Å². The van der Waals surface area contributed by atoms with Crippen LogP contribution in [0.4, 0.5) is 4.79 Å². The zero-order valence-electron chi connectivity index (χ0n) is 21.4. The van der Waals surface area contributed by atoms with Crippen LogP contribution < -0.4 is 30.3 Å². The van der Waals surface area contributed by atoms with Gasteiger partial charge in [0.2, 0.25) is 0 Å². The number of allylic oxidation sites excluding steroid dienone is 1. The van der Waals surface area contributed by atoms with Gasteiger partial charge in [-0.05, 0) is 49.2 Å². The van der Waals surface area contributed by atoms with Crippen LogP contribution in [0, 0.1) is 0 Å². The number of hydrogen-bond donors (Lipinski definition) is 3. The van der Waals surface area contributed by atoms with Gasteiger partial charge in [-0.15, -0.1) is 0 Å². The summed E-state index contributed by atoms with van der Waals surface area (Å²) < 4.78 is 21.7. The molecule has 1 heterocycles. The molecule has 1 aliphatic heterocycles. The quantitative estimate of drug-likeness (QED) is 0.169. The summed E-state index contributed by atoms with van der Waals surface area (Å²) in [5.41, 5.74) is 4.38. The Morgan fingerprint density at radius 3 is 2.71 bits per heavy atom. The van der Waals surface area contributed by atoms with Gasteiger partial charge in [-0.1, -0.05) is 30.9 Å². The third kappa shape index (κ3) is 7.36. The van der Waals surface area contributed by atoms with Gasteiger partial charge in [-0.25, -0.2) is 15.0 Å². The number of ether oxygens (including phenoxy) is 4. The number of urea groups is 1. The number of hydrazone groups is 1. The molecule has 0 fully saturated rings. The van der Waals surface area contributed by atoms with Crippen LogP contribution in [-0.4, -0.2) is 51.1 Å². The minimum absolute atomic E-state index is 0.190. The van der Waals surface area contributed by atoms with Crippen molar-refractivity contribution in [2.24, 2.45) is 5.10 Å². The molecule has 0 spiro atoms. The third-order valence-electron chi connectivity index (χ3n) is 5.27. The molecule has 200 valence electrons. The number of methoxy groups -OCH3 is 1. The fraction of sp³-hybridized carbons (Fsp3) is 0.259. The van der Waals surface area contributed by atoms with E-state index in [0.717, 1.165) is 5.56 Å². The molecule has 3 rings (SSSR count). The number of amides is 3. The number of hydrogen-bond acceptors (Lipinski definition) is 8. The van der Waals surface area contributed by atoms with E-state index in [1.165, 1.54) is 13.3 Å². The summed E-state index contributed by atoms with van der Waals surface area (Å²) in [6, 6.07) is 10.9. The lowest BCUT2D eigenvalue weighted by molar-refractivity contribution is -0.139. The number of benzene rings is 2. The highest BCUT2D eigenvalue weighted by Gasteiger charge is 2.32. The normalized spacial score (nSPS) is 14.8. The lowest BCUT2D eigenvalue weighted by Crippen LogP contribution is -2.45. The van der Waals surface area contributed by atoms with E-state index in [9.17, 15) is 14.4 Å². The number of nitrogens with one attached hydrogen (secondary N) is 3. The SMILES string of the molecule is C=CCOc1cccc(/C=N/NC(=O)COc2ccc([C@@H]3NC(=O)NC(C)=C3C(=O)OCC)cc2OC)c1. The Morgan fingerprint density at radius 1 is 1.16 bits per heavy atom. The summed E-state index contributed by atoms with van der Waals surface area (Å²) in [6.45, 7) is 7.18. The summed E-state index contributed by atoms with van der Waals surface area (Å²) in [6.07, 6.45) is 3.13. The predicted molar refractivity (Wildman–Crippen MR) is 140 cm³/mol. The summed E-state index contributed by atoms with van der Waals surface area (Å²) >= 11 is 0. The number of esters is 1. The molecule has 1 aliphatic rings. The van der Waals surface area contributed by atoms with Crippen molar-refractivity contribution in [2.75, 3.05) is 26.9 Å². The number of rotatable bonds is 12. The van der Waals surface area contributed by atoms with E-state index in [1.807, 2.05) is 12.1 Å². The lowest BCUT2D eigenvalue weighted by Gasteiger charge is -2.28. The molecule has 38 heavy (non-hydrogen) atoms. The molecule has 2 aromatic carbocycles. The molecule has 0 radical (unpaired) electrons. The first-order valence-corrected chi connectivity index (χ1v) is 11.8. The molecule has 0 aliphatic carbocycles. The van der Waals surface area contributed by atoms with E-state index in [0.29, 0.717) is 35.1 Å². The largest absolute Gasteiger partial charge is 0.493 e. The first-order valence-electron chi connectivity index (χ1n) is 11.8. The van der Waals surface area contributed by atoms with Gasteiger partial charge in [0.05, 0.1) is 31.5 Å². The maximum atomic E-state index is 12.5. The van der Waals surface area contributed by atoms with Gasteiger partial charge in [-0.3, -0.25) is 4.79 Å². The highest BCUT2D eigenvalue weighted by Crippen LogP contribution is 2.34. The van der Waals surface area contributed by atoms with E-state index in [-0.39, 0.29) is 18.8 Å². The Bertz CT molecular complexity index is 1260. The molecule has 0 saturated heterocycles. The first kappa shape index (κ1) is 27.8. The van der Waals surface area contributed by atoms with Gasteiger partial charge in [0, 0.05) is 5.70 Å². The number of carbonyl (C=O) groups is 3. The molecule has 11 nitrogen and oxygen atoms in total. The van der Waals surface area contributed by atoms with Crippen LogP contribution >= 0.6 is 0 Å². The molecule has 1 atom stereocenters. The minimum atomic E-state index is -0.760. The molecular weight excluding hydrogens is 492 g/mol. The zero-order chi connectivity index (χ0) is 27.5. The smallest absolute Gasteiger partial charge is 0.338 e. The molecule has 2 aromatic rings. The zero-order valence-corrected chi connectivity index (χ0v) is 21.4. The first-order chi connectivity index (χ1) is 18.4. The standard InChI is InChI=1S/C27H30N4O7/c1-5-12-37-20-9-7-8-18(13-20)15-28-31-23(32)16-38-21-11-10-19(14-22(21)35-4)25-24(26(33)36-6-2)17(3)29-27(34)30-25/h5,7-11,13-15,25H,1,6,12,16H2,2-4H3,(H,31,32)(H2,29,30,34)/b28-15+/t25-/m0/s1. The van der Waals surface area contributed by atoms with Gasteiger partial charge < -0.3 is 29.6 Å². The average Bonchev–Trinajstić information content (AvgIpc) is 2.90. The molecule has 0 aromatic heterocycles. The molecule has 0 unspecified atom stereocenters. The van der Waals surface area contributed by atoms with Gasteiger partial charge in [0.15, 0.2) is 18.1 Å². The van der Waals surface area contributed by atoms with Crippen molar-refractivity contribution in [3.8, 4) is 17.2 Å². The monoisotopic (exact) mass is 522 g/mol. The number of nitrogens with zero attached hydrogens (tertiary/aromatic N) is 1. The van der Waals surface area contributed by atoms with Gasteiger partial charge >= 0.3 is 12.0 Å². The molecule has 0 saturated carbocycles. The van der Waals surface area contributed by atoms with Gasteiger partial charge in [-0.2, -0.15) is 5.10 Å². The Morgan fingerprint density at radius 2 is 1.97 bits per heavy atom. The van der Waals surface area contributed by atoms with Crippen molar-refractivity contribution in [1.82, 2.24) is 16.1 Å². The van der Waals surface area contributed by atoms with Crippen LogP contribution in [0.1, 0.15) is 31.0 Å². The van der Waals surface area contributed by atoms with Crippen LogP contribution in [0.15, 0.2) is 71.5 Å². The Hall–Kier alpha value is -4.80. The van der Waals surface area contributed by atoms with E-state index in [1.54, 1.807) is 50.3 Å². The average molecular weight is 523 g/mol. The van der Waals surface area contributed by atoms with Crippen LogP contribution in [0.25, 0.3) is 0 Å². The van der Waals surface area contributed by atoms with Crippen molar-refractivity contribution in [1.29, 1.82) is 0 Å². The molecule has 3 amide bonds. The Balaban J connectivity index is 1.65. The van der Waals surface area contributed by atoms with Crippen molar-refractivity contribution in [3.63, 3.8) is 0 Å². The highest BCUT2D eigenvalue weighted by molar-refractivity contribution is 5.95. The van der Waals surface area contributed by atoms with Crippen LogP contribution in [0.3, 0.4) is 0 Å². The van der Waals surface area contributed by atoms with Crippen LogP contribution in [0.5, 0.6) is 17.2 Å². The third-order valence-corrected chi connectivity index (χ3v) is 5.27. The second kappa shape index (κ2) is 13.5. The summed E-state index contributed by atoms with van der Waals surface area (Å²) in [7, 11) is 1.44. The minimum Gasteiger partial charge on any atom is -0.493 e. The summed E-state index contributed by atoms with van der Waals surface area (Å²) in [5.74, 6) is 0.225. The highest BCUT2D eigenvalue weighted by atomic mass is 16.5. The second-order valence-electron chi connectivity index (χ2n) is 7.95. The number of carbonyl (C=O) groups excluding carboxylic acids is 3. The van der Waals surface area contributed by atoms with E-state index in [4.69, 9.17) is 18.9 Å². The Kier molecular flexibility index (Phi) is 9.86. The van der Waals surface area contributed by atoms with Gasteiger partial charge in [0.1, 0.15) is 12.4 Å². The molecular formula is C27H30N4O7. The second-order valence-corrected chi connectivity index (χ2v) is 7.95. The lowest BCUT2D eigenvalue weighted by atomic mass is 9.95. The molecule has 11 heteroatoms. The molecule has 0 bridgehead atoms. The fourth-order valence-corrected chi connectivity index (χ4v) is 3.60. The van der Waals surface area contributed by atoms with Crippen molar-refractivity contribution in [2.45, 2.75) is 19.9 Å². The maximum absolute atomic E-state index is 12.5. The summed E-state index contributed by atoms with van der Waals surface area (Å²) in [5, 5.41) is 9.25. The topological polar surface area (TPSA) is 137 Å². The van der Waals surface area contributed by atoms with Crippen LogP contribution in [0.2, 0.25) is 0 Å². The fourth-order valence-electron chi connectivity index (χ4n) is 3.60. The van der Waals surface area contributed by atoms with Crippen LogP contribution in [-0.2, 0) is 14.3 Å². The predicted octanol–water partition coefficient (Wildman–Crippen LogP) is 2.98. The van der Waals surface area contributed by atoms with Crippen molar-refractivity contribution in [3.05, 3.63) is 77.5 Å². The van der Waals surface area contributed by atoms with E-state index < -0.39 is 23.9 Å². The van der Waals surface area contributed by atoms with E-state index >= 15 is 0 Å². The van der Waals surface area contributed by atoms with E-state index in [2.05, 4.69) is 27.7 Å². The molecule has 3 N–H and O–H groups in total.